The largest absolute Gasteiger partial charge is 0.456 e. The lowest BCUT2D eigenvalue weighted by molar-refractivity contribution is -0.385. The molecule has 3 aromatic carbocycles. The summed E-state index contributed by atoms with van der Waals surface area (Å²) in [5.41, 5.74) is 0.625. The van der Waals surface area contributed by atoms with Crippen LogP contribution < -0.4 is 10.7 Å². The molecule has 4 aromatic rings. The lowest BCUT2D eigenvalue weighted by Gasteiger charge is -2.07. The average Bonchev–Trinajstić information content (AvgIpc) is 2.68. The van der Waals surface area contributed by atoms with Gasteiger partial charge < -0.3 is 9.73 Å². The molecule has 1 heterocycles. The van der Waals surface area contributed by atoms with Gasteiger partial charge in [0, 0.05) is 17.8 Å². The van der Waals surface area contributed by atoms with Crippen LogP contribution in [0.25, 0.3) is 21.9 Å². The first-order chi connectivity index (χ1) is 13.0. The molecule has 27 heavy (non-hydrogen) atoms. The molecule has 0 radical (unpaired) electrons. The van der Waals surface area contributed by atoms with E-state index in [1.54, 1.807) is 42.5 Å². The highest BCUT2D eigenvalue weighted by atomic mass is 16.6. The van der Waals surface area contributed by atoms with Gasteiger partial charge in [-0.05, 0) is 30.3 Å². The number of para-hydroxylation sites is 2. The number of rotatable bonds is 3. The number of nitrogens with zero attached hydrogens (tertiary/aromatic N) is 1. The number of nitro benzene ring substituents is 1. The maximum absolute atomic E-state index is 12.5. The van der Waals surface area contributed by atoms with Crippen molar-refractivity contribution in [3.63, 3.8) is 0 Å². The maximum atomic E-state index is 12.5. The summed E-state index contributed by atoms with van der Waals surface area (Å²) in [7, 11) is 0. The van der Waals surface area contributed by atoms with Gasteiger partial charge in [0.05, 0.1) is 15.7 Å². The van der Waals surface area contributed by atoms with E-state index in [1.165, 1.54) is 24.3 Å². The van der Waals surface area contributed by atoms with E-state index in [0.717, 1.165) is 0 Å². The van der Waals surface area contributed by atoms with E-state index in [0.29, 0.717) is 27.6 Å². The van der Waals surface area contributed by atoms with Crippen LogP contribution in [-0.4, -0.2) is 10.8 Å². The highest BCUT2D eigenvalue weighted by molar-refractivity contribution is 6.07. The normalized spacial score (nSPS) is 10.8. The van der Waals surface area contributed by atoms with E-state index in [1.807, 2.05) is 0 Å². The number of anilines is 1. The zero-order valence-electron chi connectivity index (χ0n) is 13.8. The number of fused-ring (bicyclic) bond motifs is 2. The second kappa shape index (κ2) is 6.38. The third kappa shape index (κ3) is 2.91. The van der Waals surface area contributed by atoms with E-state index >= 15 is 0 Å². The fraction of sp³-hybridized carbons (Fsp3) is 0. The molecule has 0 aliphatic rings. The second-order valence-corrected chi connectivity index (χ2v) is 5.87. The van der Waals surface area contributed by atoms with Crippen molar-refractivity contribution in [1.82, 2.24) is 0 Å². The van der Waals surface area contributed by atoms with E-state index in [2.05, 4.69) is 5.32 Å². The molecular formula is C20H12N2O5. The van der Waals surface area contributed by atoms with Crippen LogP contribution in [0.15, 0.2) is 75.9 Å². The van der Waals surface area contributed by atoms with Crippen LogP contribution >= 0.6 is 0 Å². The van der Waals surface area contributed by atoms with Gasteiger partial charge >= 0.3 is 0 Å². The van der Waals surface area contributed by atoms with Crippen LogP contribution in [0.4, 0.5) is 11.4 Å². The molecule has 0 unspecified atom stereocenters. The number of benzene rings is 3. The summed E-state index contributed by atoms with van der Waals surface area (Å²) >= 11 is 0. The molecule has 0 atom stereocenters. The predicted molar refractivity (Wildman–Crippen MR) is 101 cm³/mol. The quantitative estimate of drug-likeness (QED) is 0.336. The third-order valence-corrected chi connectivity index (χ3v) is 4.18. The topological polar surface area (TPSA) is 102 Å². The lowest BCUT2D eigenvalue weighted by atomic mass is 10.1. The molecule has 1 amide bonds. The molecule has 7 heteroatoms. The first-order valence-electron chi connectivity index (χ1n) is 8.05. The Morgan fingerprint density at radius 2 is 1.63 bits per heavy atom. The van der Waals surface area contributed by atoms with Crippen molar-refractivity contribution < 1.29 is 14.1 Å². The van der Waals surface area contributed by atoms with Crippen LogP contribution in [0.5, 0.6) is 0 Å². The smallest absolute Gasteiger partial charge is 0.282 e. The van der Waals surface area contributed by atoms with Gasteiger partial charge in [0.15, 0.2) is 0 Å². The molecule has 0 fully saturated rings. The molecular weight excluding hydrogens is 348 g/mol. The minimum absolute atomic E-state index is 0.0532. The van der Waals surface area contributed by atoms with Crippen molar-refractivity contribution in [2.75, 3.05) is 5.32 Å². The van der Waals surface area contributed by atoms with Crippen molar-refractivity contribution in [3.8, 4) is 0 Å². The number of carbonyl (C=O) groups is 1. The highest BCUT2D eigenvalue weighted by Gasteiger charge is 2.19. The van der Waals surface area contributed by atoms with Crippen LogP contribution in [0.3, 0.4) is 0 Å². The second-order valence-electron chi connectivity index (χ2n) is 5.87. The van der Waals surface area contributed by atoms with Crippen molar-refractivity contribution in [3.05, 3.63) is 92.6 Å². The molecule has 0 spiro atoms. The first kappa shape index (κ1) is 16.5. The molecule has 0 aliphatic carbocycles. The van der Waals surface area contributed by atoms with E-state index in [9.17, 15) is 19.7 Å². The van der Waals surface area contributed by atoms with Gasteiger partial charge in [-0.1, -0.05) is 24.3 Å². The van der Waals surface area contributed by atoms with Crippen LogP contribution in [0.2, 0.25) is 0 Å². The summed E-state index contributed by atoms with van der Waals surface area (Å²) < 4.78 is 5.76. The summed E-state index contributed by atoms with van der Waals surface area (Å²) in [6, 6.07) is 17.2. The Balaban J connectivity index is 1.75. The van der Waals surface area contributed by atoms with Gasteiger partial charge in [0.1, 0.15) is 16.7 Å². The van der Waals surface area contributed by atoms with Crippen LogP contribution in [0, 0.1) is 10.1 Å². The number of nitrogens with one attached hydrogen (secondary N) is 1. The first-order valence-corrected chi connectivity index (χ1v) is 8.05. The van der Waals surface area contributed by atoms with Crippen LogP contribution in [0.1, 0.15) is 10.4 Å². The maximum Gasteiger partial charge on any atom is 0.282 e. The molecule has 7 nitrogen and oxygen atoms in total. The summed E-state index contributed by atoms with van der Waals surface area (Å²) in [6.07, 6.45) is 0. The number of carbonyl (C=O) groups excluding carboxylic acids is 1. The highest BCUT2D eigenvalue weighted by Crippen LogP contribution is 2.23. The van der Waals surface area contributed by atoms with E-state index in [-0.39, 0.29) is 16.7 Å². The van der Waals surface area contributed by atoms with Gasteiger partial charge in [-0.15, -0.1) is 0 Å². The van der Waals surface area contributed by atoms with Gasteiger partial charge in [0.25, 0.3) is 11.6 Å². The van der Waals surface area contributed by atoms with Crippen molar-refractivity contribution in [1.29, 1.82) is 0 Å². The third-order valence-electron chi connectivity index (χ3n) is 4.18. The Labute approximate surface area is 152 Å². The fourth-order valence-electron chi connectivity index (χ4n) is 2.90. The monoisotopic (exact) mass is 360 g/mol. The minimum Gasteiger partial charge on any atom is -0.456 e. The summed E-state index contributed by atoms with van der Waals surface area (Å²) in [6.45, 7) is 0. The minimum atomic E-state index is -0.621. The molecule has 132 valence electrons. The van der Waals surface area contributed by atoms with Crippen molar-refractivity contribution >= 4 is 39.2 Å². The molecule has 0 aliphatic heterocycles. The summed E-state index contributed by atoms with van der Waals surface area (Å²) in [5, 5.41) is 14.6. The van der Waals surface area contributed by atoms with Gasteiger partial charge in [-0.25, -0.2) is 0 Å². The molecule has 0 saturated carbocycles. The Morgan fingerprint density at radius 1 is 0.926 bits per heavy atom. The summed E-state index contributed by atoms with van der Waals surface area (Å²) in [4.78, 5) is 35.5. The molecule has 0 saturated heterocycles. The van der Waals surface area contributed by atoms with Gasteiger partial charge in [-0.2, -0.15) is 0 Å². The molecule has 1 N–H and O–H groups in total. The van der Waals surface area contributed by atoms with E-state index in [4.69, 9.17) is 4.42 Å². The number of hydrogen-bond acceptors (Lipinski definition) is 5. The van der Waals surface area contributed by atoms with Crippen molar-refractivity contribution in [2.45, 2.75) is 0 Å². The van der Waals surface area contributed by atoms with E-state index < -0.39 is 10.8 Å². The number of nitro groups is 1. The SMILES string of the molecule is O=C(Nc1ccc2c(=O)c3ccccc3oc2c1)c1ccccc1[N+](=O)[O-]. The Kier molecular flexibility index (Phi) is 3.89. The molecule has 1 aromatic heterocycles. The predicted octanol–water partition coefficient (Wildman–Crippen LogP) is 4.11. The standard InChI is InChI=1S/C20H12N2O5/c23-19-14-6-2-4-8-17(14)27-18-11-12(9-10-15(18)19)21-20(24)13-5-1-3-7-16(13)22(25)26/h1-11H,(H,21,24). The zero-order chi connectivity index (χ0) is 19.0. The van der Waals surface area contributed by atoms with Crippen molar-refractivity contribution in [2.24, 2.45) is 0 Å². The number of hydrogen-bond donors (Lipinski definition) is 1. The average molecular weight is 360 g/mol. The Morgan fingerprint density at radius 3 is 2.44 bits per heavy atom. The fourth-order valence-corrected chi connectivity index (χ4v) is 2.90. The van der Waals surface area contributed by atoms with Crippen LogP contribution in [-0.2, 0) is 0 Å². The molecule has 4 rings (SSSR count). The lowest BCUT2D eigenvalue weighted by Crippen LogP contribution is -2.14. The Bertz CT molecular complexity index is 1280. The number of amides is 1. The van der Waals surface area contributed by atoms with Gasteiger partial charge in [0.2, 0.25) is 5.43 Å². The Hall–Kier alpha value is -4.00. The zero-order valence-corrected chi connectivity index (χ0v) is 13.8. The van der Waals surface area contributed by atoms with Gasteiger partial charge in [-0.3, -0.25) is 19.7 Å². The summed E-state index contributed by atoms with van der Waals surface area (Å²) in [5.74, 6) is -0.621. The molecule has 0 bridgehead atoms.